The fraction of sp³-hybridized carbons (Fsp3) is 0.444. The number of nitrogens with one attached hydrogen (secondary N) is 1. The van der Waals surface area contributed by atoms with E-state index in [-0.39, 0.29) is 8.55 Å². The molecule has 1 aromatic heterocycles. The zero-order chi connectivity index (χ0) is 15.7. The van der Waals surface area contributed by atoms with Gasteiger partial charge in [-0.3, -0.25) is 14.9 Å². The molecule has 0 aliphatic rings. The minimum absolute atomic E-state index is 0.255. The summed E-state index contributed by atoms with van der Waals surface area (Å²) in [6.07, 6.45) is 0. The molecular formula is C9H11ClN2O6S2. The lowest BCUT2D eigenvalue weighted by Crippen LogP contribution is -2.39. The molecule has 0 aliphatic heterocycles. The van der Waals surface area contributed by atoms with Gasteiger partial charge in [0.2, 0.25) is 0 Å². The number of halogens is 1. The van der Waals surface area contributed by atoms with E-state index in [1.54, 1.807) is 0 Å². The van der Waals surface area contributed by atoms with Crippen LogP contribution in [-0.4, -0.2) is 30.5 Å². The van der Waals surface area contributed by atoms with Crippen LogP contribution in [0.4, 0.5) is 5.69 Å². The third-order valence-corrected chi connectivity index (χ3v) is 5.96. The highest BCUT2D eigenvalue weighted by Gasteiger charge is 2.29. The van der Waals surface area contributed by atoms with Crippen molar-refractivity contribution in [1.82, 2.24) is 4.72 Å². The van der Waals surface area contributed by atoms with Crippen LogP contribution >= 0.6 is 22.9 Å². The average molecular weight is 343 g/mol. The first-order valence-corrected chi connectivity index (χ1v) is 7.93. The van der Waals surface area contributed by atoms with Crippen LogP contribution in [0, 0.1) is 16.0 Å². The third kappa shape index (κ3) is 3.66. The second kappa shape index (κ2) is 6.04. The lowest BCUT2D eigenvalue weighted by Gasteiger charge is -2.16. The summed E-state index contributed by atoms with van der Waals surface area (Å²) in [6, 6.07) is -0.0366. The molecule has 0 aliphatic carbocycles. The molecule has 2 unspecified atom stereocenters. The summed E-state index contributed by atoms with van der Waals surface area (Å²) in [5, 5.41) is 19.4. The van der Waals surface area contributed by atoms with Crippen molar-refractivity contribution in [3.05, 3.63) is 20.5 Å². The van der Waals surface area contributed by atoms with Crippen LogP contribution in [0.15, 0.2) is 10.3 Å². The molecular weight excluding hydrogens is 332 g/mol. The molecule has 8 nitrogen and oxygen atoms in total. The number of aliphatic carboxylic acids is 1. The number of nitro groups is 1. The molecule has 20 heavy (non-hydrogen) atoms. The van der Waals surface area contributed by atoms with Crippen LogP contribution in [0.5, 0.6) is 0 Å². The van der Waals surface area contributed by atoms with Crippen molar-refractivity contribution in [2.24, 2.45) is 5.92 Å². The molecule has 1 aromatic rings. The zero-order valence-corrected chi connectivity index (χ0v) is 12.8. The molecule has 11 heteroatoms. The minimum Gasteiger partial charge on any atom is -0.481 e. The Morgan fingerprint density at radius 1 is 1.55 bits per heavy atom. The first-order chi connectivity index (χ1) is 9.06. The monoisotopic (exact) mass is 342 g/mol. The molecule has 0 aromatic carbocycles. The first-order valence-electron chi connectivity index (χ1n) is 5.25. The van der Waals surface area contributed by atoms with E-state index in [0.717, 1.165) is 6.07 Å². The molecule has 2 N–H and O–H groups in total. The van der Waals surface area contributed by atoms with Crippen molar-refractivity contribution in [2.45, 2.75) is 24.1 Å². The lowest BCUT2D eigenvalue weighted by atomic mass is 10.1. The number of rotatable bonds is 6. The molecule has 112 valence electrons. The van der Waals surface area contributed by atoms with Crippen LogP contribution in [0.1, 0.15) is 13.8 Å². The van der Waals surface area contributed by atoms with Crippen molar-refractivity contribution in [3.63, 3.8) is 0 Å². The van der Waals surface area contributed by atoms with Crippen LogP contribution in [0.3, 0.4) is 0 Å². The maximum atomic E-state index is 12.0. The highest BCUT2D eigenvalue weighted by Crippen LogP contribution is 2.36. The Morgan fingerprint density at radius 2 is 2.10 bits per heavy atom. The number of carbonyl (C=O) groups is 1. The highest BCUT2D eigenvalue weighted by atomic mass is 35.5. The fourth-order valence-corrected chi connectivity index (χ4v) is 4.22. The van der Waals surface area contributed by atoms with Gasteiger partial charge in [-0.25, -0.2) is 13.1 Å². The quantitative estimate of drug-likeness (QED) is 0.598. The smallest absolute Gasteiger partial charge is 0.307 e. The highest BCUT2D eigenvalue weighted by molar-refractivity contribution is 7.91. The Labute approximate surface area is 123 Å². The van der Waals surface area contributed by atoms with Crippen molar-refractivity contribution in [1.29, 1.82) is 0 Å². The molecule has 0 amide bonds. The Balaban J connectivity index is 3.03. The molecule has 1 rings (SSSR count). The van der Waals surface area contributed by atoms with Gasteiger partial charge in [0.15, 0.2) is 4.34 Å². The van der Waals surface area contributed by atoms with Crippen LogP contribution in [0.25, 0.3) is 0 Å². The van der Waals surface area contributed by atoms with Gasteiger partial charge in [0.1, 0.15) is 4.21 Å². The number of carboxylic acids is 1. The van der Waals surface area contributed by atoms with E-state index in [1.807, 2.05) is 0 Å². The molecule has 0 saturated heterocycles. The summed E-state index contributed by atoms with van der Waals surface area (Å²) in [6.45, 7) is 2.74. The molecule has 0 spiro atoms. The Bertz CT molecular complexity index is 641. The molecule has 2 atom stereocenters. The third-order valence-electron chi connectivity index (χ3n) is 2.59. The van der Waals surface area contributed by atoms with E-state index in [2.05, 4.69) is 4.72 Å². The van der Waals surface area contributed by atoms with E-state index in [4.69, 9.17) is 16.7 Å². The van der Waals surface area contributed by atoms with Crippen LogP contribution in [0.2, 0.25) is 4.34 Å². The Morgan fingerprint density at radius 3 is 2.50 bits per heavy atom. The van der Waals surface area contributed by atoms with Crippen molar-refractivity contribution in [2.75, 3.05) is 0 Å². The predicted molar refractivity (Wildman–Crippen MR) is 72.6 cm³/mol. The van der Waals surface area contributed by atoms with Gasteiger partial charge in [-0.15, -0.1) is 11.3 Å². The summed E-state index contributed by atoms with van der Waals surface area (Å²) in [5.41, 5.74) is -0.504. The molecule has 0 fully saturated rings. The molecule has 1 heterocycles. The van der Waals surface area contributed by atoms with Gasteiger partial charge in [0.05, 0.1) is 10.8 Å². The Kier molecular flexibility index (Phi) is 5.08. The van der Waals surface area contributed by atoms with E-state index in [9.17, 15) is 23.3 Å². The number of nitrogens with zero attached hydrogens (tertiary/aromatic N) is 1. The van der Waals surface area contributed by atoms with E-state index < -0.39 is 38.6 Å². The second-order valence-electron chi connectivity index (χ2n) is 4.02. The SMILES string of the molecule is CC(NS(=O)(=O)c1cc([N+](=O)[O-])c(Cl)s1)C(C)C(=O)O. The summed E-state index contributed by atoms with van der Waals surface area (Å²) >= 11 is 6.12. The van der Waals surface area contributed by atoms with Gasteiger partial charge in [-0.05, 0) is 6.92 Å². The average Bonchev–Trinajstić information content (AvgIpc) is 2.70. The van der Waals surface area contributed by atoms with Crippen LogP contribution in [-0.2, 0) is 14.8 Å². The molecule has 0 radical (unpaired) electrons. The van der Waals surface area contributed by atoms with Gasteiger partial charge >= 0.3 is 5.97 Å². The maximum absolute atomic E-state index is 12.0. The van der Waals surface area contributed by atoms with Gasteiger partial charge in [-0.2, -0.15) is 0 Å². The standard InChI is InChI=1S/C9H11ClN2O6S2/c1-4(9(13)14)5(2)11-20(17,18)7-3-6(12(15)16)8(10)19-7/h3-5,11H,1-2H3,(H,13,14). The van der Waals surface area contributed by atoms with E-state index in [0.29, 0.717) is 11.3 Å². The fourth-order valence-electron chi connectivity index (χ4n) is 1.21. The minimum atomic E-state index is -4.06. The van der Waals surface area contributed by atoms with Gasteiger partial charge in [0, 0.05) is 12.1 Å². The van der Waals surface area contributed by atoms with Gasteiger partial charge in [-0.1, -0.05) is 18.5 Å². The zero-order valence-electron chi connectivity index (χ0n) is 10.4. The maximum Gasteiger partial charge on any atom is 0.307 e. The largest absolute Gasteiger partial charge is 0.481 e. The number of thiophene rings is 1. The lowest BCUT2D eigenvalue weighted by molar-refractivity contribution is -0.384. The van der Waals surface area contributed by atoms with Crippen molar-refractivity contribution in [3.8, 4) is 0 Å². The van der Waals surface area contributed by atoms with Crippen molar-refractivity contribution < 1.29 is 23.2 Å². The van der Waals surface area contributed by atoms with Gasteiger partial charge in [0.25, 0.3) is 15.7 Å². The number of carboxylic acid groups (broad SMARTS) is 1. The molecule has 0 saturated carbocycles. The van der Waals surface area contributed by atoms with Gasteiger partial charge < -0.3 is 5.11 Å². The summed E-state index contributed by atoms with van der Waals surface area (Å²) in [4.78, 5) is 20.6. The number of hydrogen-bond donors (Lipinski definition) is 2. The van der Waals surface area contributed by atoms with Crippen molar-refractivity contribution >= 4 is 44.6 Å². The Hall–Kier alpha value is -1.23. The predicted octanol–water partition coefficient (Wildman–Crippen LogP) is 1.70. The second-order valence-corrected chi connectivity index (χ2v) is 7.61. The van der Waals surface area contributed by atoms with E-state index >= 15 is 0 Å². The molecule has 0 bridgehead atoms. The van der Waals surface area contributed by atoms with E-state index in [1.165, 1.54) is 13.8 Å². The van der Waals surface area contributed by atoms with Crippen LogP contribution < -0.4 is 4.72 Å². The number of sulfonamides is 1. The topological polar surface area (TPSA) is 127 Å². The summed E-state index contributed by atoms with van der Waals surface area (Å²) in [5.74, 6) is -2.11. The first kappa shape index (κ1) is 16.8. The summed E-state index contributed by atoms with van der Waals surface area (Å²) < 4.78 is 25.5. The number of hydrogen-bond acceptors (Lipinski definition) is 6. The normalized spacial score (nSPS) is 14.8. The summed E-state index contributed by atoms with van der Waals surface area (Å²) in [7, 11) is -4.06.